The molecule has 0 saturated carbocycles. The number of imide groups is 1. The molecule has 1 N–H and O–H groups in total. The van der Waals surface area contributed by atoms with Gasteiger partial charge in [0.15, 0.2) is 0 Å². The molecule has 7 heteroatoms. The van der Waals surface area contributed by atoms with E-state index in [1.165, 1.54) is 4.90 Å². The van der Waals surface area contributed by atoms with E-state index in [0.29, 0.717) is 35.3 Å². The first-order valence-corrected chi connectivity index (χ1v) is 11.3. The van der Waals surface area contributed by atoms with E-state index in [2.05, 4.69) is 16.5 Å². The average Bonchev–Trinajstić information content (AvgIpc) is 3.25. The van der Waals surface area contributed by atoms with Gasteiger partial charge in [0.05, 0.1) is 12.7 Å². The quantitative estimate of drug-likeness (QED) is 0.421. The number of rotatable bonds is 7. The Kier molecular flexibility index (Phi) is 5.67. The second kappa shape index (κ2) is 8.94. The molecule has 2 heterocycles. The third-order valence-electron chi connectivity index (χ3n) is 6.04. The van der Waals surface area contributed by atoms with Crippen molar-refractivity contribution in [2.45, 2.75) is 26.3 Å². The van der Waals surface area contributed by atoms with Gasteiger partial charge in [0.2, 0.25) is 5.91 Å². The molecular weight excluding hydrogens is 428 g/mol. The summed E-state index contributed by atoms with van der Waals surface area (Å²) in [6, 6.07) is 20.8. The molecule has 34 heavy (non-hydrogen) atoms. The van der Waals surface area contributed by atoms with Crippen molar-refractivity contribution >= 4 is 34.3 Å². The van der Waals surface area contributed by atoms with Crippen LogP contribution in [0.5, 0.6) is 0 Å². The number of nitrogens with zero attached hydrogens (tertiary/aromatic N) is 3. The minimum absolute atomic E-state index is 0.179. The van der Waals surface area contributed by atoms with Gasteiger partial charge < -0.3 is 5.32 Å². The molecule has 5 rings (SSSR count). The normalized spacial score (nSPS) is 12.9. The highest BCUT2D eigenvalue weighted by Gasteiger charge is 2.32. The Morgan fingerprint density at radius 2 is 1.65 bits per heavy atom. The van der Waals surface area contributed by atoms with Crippen molar-refractivity contribution < 1.29 is 14.4 Å². The standard InChI is InChI=1S/C27H24N4O3/c1-18-6-2-7-19(16-18)17-31-23(13-14-28-31)29-24(32)12-5-15-30-26(33)21-10-3-8-20-9-4-11-22(25(20)21)27(30)34/h2-4,6-11,13-14,16H,5,12,15,17H2,1H3,(H,29,32). The van der Waals surface area contributed by atoms with Gasteiger partial charge in [0.1, 0.15) is 5.82 Å². The van der Waals surface area contributed by atoms with Gasteiger partial charge >= 0.3 is 0 Å². The zero-order chi connectivity index (χ0) is 23.7. The fourth-order valence-corrected chi connectivity index (χ4v) is 4.43. The van der Waals surface area contributed by atoms with E-state index in [1.54, 1.807) is 29.1 Å². The predicted octanol–water partition coefficient (Wildman–Crippen LogP) is 4.41. The molecule has 0 aliphatic carbocycles. The zero-order valence-corrected chi connectivity index (χ0v) is 18.8. The second-order valence-corrected chi connectivity index (χ2v) is 8.49. The van der Waals surface area contributed by atoms with Gasteiger partial charge in [-0.25, -0.2) is 4.68 Å². The lowest BCUT2D eigenvalue weighted by Gasteiger charge is -2.27. The van der Waals surface area contributed by atoms with Crippen molar-refractivity contribution in [2.75, 3.05) is 11.9 Å². The number of carbonyl (C=O) groups is 3. The first-order chi connectivity index (χ1) is 16.5. The van der Waals surface area contributed by atoms with Crippen molar-refractivity contribution in [1.29, 1.82) is 0 Å². The molecule has 1 aromatic heterocycles. The molecule has 3 aromatic carbocycles. The Morgan fingerprint density at radius 3 is 2.35 bits per heavy atom. The van der Waals surface area contributed by atoms with Gasteiger partial charge in [-0.2, -0.15) is 5.10 Å². The van der Waals surface area contributed by atoms with Crippen molar-refractivity contribution in [3.63, 3.8) is 0 Å². The molecule has 0 atom stereocenters. The average molecular weight is 453 g/mol. The van der Waals surface area contributed by atoms with Crippen molar-refractivity contribution in [1.82, 2.24) is 14.7 Å². The number of anilines is 1. The molecule has 7 nitrogen and oxygen atoms in total. The van der Waals surface area contributed by atoms with Gasteiger partial charge in [-0.3, -0.25) is 19.3 Å². The number of aromatic nitrogens is 2. The second-order valence-electron chi connectivity index (χ2n) is 8.49. The lowest BCUT2D eigenvalue weighted by molar-refractivity contribution is -0.116. The molecule has 1 aliphatic rings. The van der Waals surface area contributed by atoms with Gasteiger partial charge in [-0.1, -0.05) is 54.1 Å². The van der Waals surface area contributed by atoms with Crippen molar-refractivity contribution in [3.8, 4) is 0 Å². The number of nitrogens with one attached hydrogen (secondary N) is 1. The lowest BCUT2D eigenvalue weighted by atomic mass is 9.94. The zero-order valence-electron chi connectivity index (χ0n) is 18.8. The highest BCUT2D eigenvalue weighted by atomic mass is 16.2. The van der Waals surface area contributed by atoms with Crippen LogP contribution in [-0.2, 0) is 11.3 Å². The van der Waals surface area contributed by atoms with E-state index in [1.807, 2.05) is 49.4 Å². The van der Waals surface area contributed by atoms with E-state index in [9.17, 15) is 14.4 Å². The van der Waals surface area contributed by atoms with Crippen molar-refractivity contribution in [3.05, 3.63) is 95.2 Å². The summed E-state index contributed by atoms with van der Waals surface area (Å²) in [5, 5.41) is 8.78. The number of carbonyl (C=O) groups excluding carboxylic acids is 3. The van der Waals surface area contributed by atoms with Crippen LogP contribution < -0.4 is 5.32 Å². The molecule has 0 fully saturated rings. The van der Waals surface area contributed by atoms with Crippen LogP contribution in [-0.4, -0.2) is 38.9 Å². The molecule has 170 valence electrons. The summed E-state index contributed by atoms with van der Waals surface area (Å²) in [6.45, 7) is 2.76. The third kappa shape index (κ3) is 4.08. The maximum absolute atomic E-state index is 13.0. The Bertz CT molecular complexity index is 1370. The molecule has 0 unspecified atom stereocenters. The topological polar surface area (TPSA) is 84.3 Å². The Hall–Kier alpha value is -4.26. The van der Waals surface area contributed by atoms with E-state index in [-0.39, 0.29) is 30.7 Å². The van der Waals surface area contributed by atoms with Crippen LogP contribution >= 0.6 is 0 Å². The van der Waals surface area contributed by atoms with E-state index < -0.39 is 0 Å². The van der Waals surface area contributed by atoms with E-state index in [4.69, 9.17) is 0 Å². The van der Waals surface area contributed by atoms with Crippen molar-refractivity contribution in [2.24, 2.45) is 0 Å². The monoisotopic (exact) mass is 452 g/mol. The van der Waals surface area contributed by atoms with Gasteiger partial charge in [-0.05, 0) is 36.4 Å². The number of aryl methyl sites for hydroxylation is 1. The summed E-state index contributed by atoms with van der Waals surface area (Å²) >= 11 is 0. The summed E-state index contributed by atoms with van der Waals surface area (Å²) in [5.41, 5.74) is 3.31. The molecule has 4 aromatic rings. The van der Waals surface area contributed by atoms with Crippen LogP contribution in [0.25, 0.3) is 10.8 Å². The molecule has 0 spiro atoms. The minimum atomic E-state index is -0.314. The molecular formula is C27H24N4O3. The largest absolute Gasteiger partial charge is 0.311 e. The summed E-state index contributed by atoms with van der Waals surface area (Å²) < 4.78 is 1.74. The summed E-state index contributed by atoms with van der Waals surface area (Å²) in [7, 11) is 0. The Labute approximate surface area is 197 Å². The smallest absolute Gasteiger partial charge is 0.261 e. The lowest BCUT2D eigenvalue weighted by Crippen LogP contribution is -2.41. The van der Waals surface area contributed by atoms with E-state index in [0.717, 1.165) is 16.5 Å². The minimum Gasteiger partial charge on any atom is -0.311 e. The SMILES string of the molecule is Cc1cccc(Cn2nccc2NC(=O)CCCN2C(=O)c3cccc4cccc(c34)C2=O)c1. The van der Waals surface area contributed by atoms with Crippen LogP contribution in [0.15, 0.2) is 72.9 Å². The molecule has 0 bridgehead atoms. The molecule has 0 saturated heterocycles. The molecule has 0 radical (unpaired) electrons. The van der Waals surface area contributed by atoms with Gasteiger partial charge in [0, 0.05) is 35.5 Å². The highest BCUT2D eigenvalue weighted by Crippen LogP contribution is 2.30. The fourth-order valence-electron chi connectivity index (χ4n) is 4.43. The number of benzene rings is 3. The summed E-state index contributed by atoms with van der Waals surface area (Å²) in [5.74, 6) is -0.209. The molecule has 1 aliphatic heterocycles. The molecule has 3 amide bonds. The van der Waals surface area contributed by atoms with Crippen LogP contribution in [0.3, 0.4) is 0 Å². The maximum atomic E-state index is 13.0. The predicted molar refractivity (Wildman–Crippen MR) is 130 cm³/mol. The first-order valence-electron chi connectivity index (χ1n) is 11.3. The maximum Gasteiger partial charge on any atom is 0.261 e. The number of amides is 3. The van der Waals surface area contributed by atoms with Gasteiger partial charge in [-0.15, -0.1) is 0 Å². The van der Waals surface area contributed by atoms with Crippen LogP contribution in [0.4, 0.5) is 5.82 Å². The third-order valence-corrected chi connectivity index (χ3v) is 6.04. The van der Waals surface area contributed by atoms with Gasteiger partial charge in [0.25, 0.3) is 11.8 Å². The summed E-state index contributed by atoms with van der Waals surface area (Å²) in [6.07, 6.45) is 2.19. The van der Waals surface area contributed by atoms with E-state index >= 15 is 0 Å². The Morgan fingerprint density at radius 1 is 0.941 bits per heavy atom. The van der Waals surface area contributed by atoms with Crippen LogP contribution in [0.2, 0.25) is 0 Å². The Balaban J connectivity index is 1.21. The first kappa shape index (κ1) is 21.6. The number of hydrogen-bond donors (Lipinski definition) is 1. The summed E-state index contributed by atoms with van der Waals surface area (Å²) in [4.78, 5) is 39.8. The number of hydrogen-bond acceptors (Lipinski definition) is 4. The highest BCUT2D eigenvalue weighted by molar-refractivity contribution is 6.25. The van der Waals surface area contributed by atoms with Crippen LogP contribution in [0, 0.1) is 6.92 Å². The fraction of sp³-hybridized carbons (Fsp3) is 0.185. The van der Waals surface area contributed by atoms with Crippen LogP contribution in [0.1, 0.15) is 44.7 Å².